The summed E-state index contributed by atoms with van der Waals surface area (Å²) in [6.07, 6.45) is 0. The molecule has 0 bridgehead atoms. The van der Waals surface area contributed by atoms with Gasteiger partial charge in [-0.3, -0.25) is 0 Å². The van der Waals surface area contributed by atoms with E-state index in [0.717, 1.165) is 16.5 Å². The van der Waals surface area contributed by atoms with E-state index in [9.17, 15) is 0 Å². The van der Waals surface area contributed by atoms with Gasteiger partial charge >= 0.3 is 0 Å². The van der Waals surface area contributed by atoms with Crippen molar-refractivity contribution in [3.63, 3.8) is 0 Å². The highest BCUT2D eigenvalue weighted by Gasteiger charge is 2.09. The molecule has 2 heteroatoms. The summed E-state index contributed by atoms with van der Waals surface area (Å²) >= 11 is 5.20. The van der Waals surface area contributed by atoms with Gasteiger partial charge in [-0.25, -0.2) is 0 Å². The Morgan fingerprint density at radius 3 is 2.65 bits per heavy atom. The van der Waals surface area contributed by atoms with Gasteiger partial charge in [-0.15, -0.1) is 0 Å². The van der Waals surface area contributed by atoms with Crippen LogP contribution in [0.4, 0.5) is 0 Å². The van der Waals surface area contributed by atoms with Crippen LogP contribution in [0, 0.1) is 0 Å². The molecule has 0 saturated heterocycles. The molecule has 0 aliphatic heterocycles. The predicted octanol–water partition coefficient (Wildman–Crippen LogP) is 4.22. The molecule has 2 rings (SSSR count). The molecule has 2 aromatic carbocycles. The van der Waals surface area contributed by atoms with E-state index < -0.39 is 0 Å². The number of fused-ring (bicyclic) bond motifs is 1. The Balaban J connectivity index is 2.48. The average molecular weight is 242 g/mol. The molecule has 0 fully saturated rings. The maximum Gasteiger partial charge on any atom is 0.191 e. The Hall–Kier alpha value is -1.67. The monoisotopic (exact) mass is 242 g/mol. The molecule has 0 heterocycles. The minimum Gasteiger partial charge on any atom is -0.483 e. The maximum absolute atomic E-state index is 5.34. The van der Waals surface area contributed by atoms with Gasteiger partial charge in [0.1, 0.15) is 0 Å². The Kier molecular flexibility index (Phi) is 3.55. The number of hydrogen-bond donors (Lipinski definition) is 0. The first-order valence-electron chi connectivity index (χ1n) is 5.58. The molecule has 1 nitrogen and oxygen atoms in total. The van der Waals surface area contributed by atoms with Gasteiger partial charge in [0.05, 0.1) is 6.61 Å². The molecule has 86 valence electrons. The molecule has 0 radical (unpaired) electrons. The van der Waals surface area contributed by atoms with Crippen LogP contribution in [-0.2, 0) is 4.74 Å². The highest BCUT2D eigenvalue weighted by atomic mass is 32.1. The zero-order valence-electron chi connectivity index (χ0n) is 9.77. The second-order valence-corrected chi connectivity index (χ2v) is 4.10. The van der Waals surface area contributed by atoms with Crippen LogP contribution in [0.15, 0.2) is 49.0 Å². The van der Waals surface area contributed by atoms with Crippen molar-refractivity contribution in [2.75, 3.05) is 6.61 Å². The lowest BCUT2D eigenvalue weighted by Crippen LogP contribution is -2.03. The van der Waals surface area contributed by atoms with Crippen LogP contribution in [-0.4, -0.2) is 11.7 Å². The lowest BCUT2D eigenvalue weighted by molar-refractivity contribution is 0.341. The fraction of sp³-hybridized carbons (Fsp3) is 0.133. The molecule has 2 aromatic rings. The smallest absolute Gasteiger partial charge is 0.191 e. The standard InChI is InChI=1S/C15H14OS/c1-3-16-15(17)11(2)13-10-6-8-12-7-4-5-9-14(12)13/h4-10H,2-3H2,1H3. The van der Waals surface area contributed by atoms with Crippen LogP contribution < -0.4 is 0 Å². The third-order valence-corrected chi connectivity index (χ3v) is 3.00. The van der Waals surface area contributed by atoms with Crippen molar-refractivity contribution in [1.82, 2.24) is 0 Å². The van der Waals surface area contributed by atoms with Crippen molar-refractivity contribution in [3.05, 3.63) is 54.6 Å². The van der Waals surface area contributed by atoms with Crippen molar-refractivity contribution in [3.8, 4) is 0 Å². The maximum atomic E-state index is 5.34. The molecule has 0 N–H and O–H groups in total. The predicted molar refractivity (Wildman–Crippen MR) is 77.2 cm³/mol. The summed E-state index contributed by atoms with van der Waals surface area (Å²) < 4.78 is 5.34. The van der Waals surface area contributed by atoms with Crippen LogP contribution in [0.5, 0.6) is 0 Å². The molecule has 0 aromatic heterocycles. The molecule has 0 aliphatic carbocycles. The fourth-order valence-electron chi connectivity index (χ4n) is 1.82. The Bertz CT molecular complexity index is 567. The minimum absolute atomic E-state index is 0.476. The van der Waals surface area contributed by atoms with Crippen molar-refractivity contribution < 1.29 is 4.74 Å². The summed E-state index contributed by atoms with van der Waals surface area (Å²) in [4.78, 5) is 0. The van der Waals surface area contributed by atoms with Gasteiger partial charge < -0.3 is 4.74 Å². The number of thiocarbonyl (C=S) groups is 1. The van der Waals surface area contributed by atoms with Crippen molar-refractivity contribution in [2.24, 2.45) is 0 Å². The third-order valence-electron chi connectivity index (χ3n) is 2.64. The number of rotatable bonds is 3. The van der Waals surface area contributed by atoms with E-state index in [-0.39, 0.29) is 0 Å². The molecule has 0 unspecified atom stereocenters. The molecule has 17 heavy (non-hydrogen) atoms. The summed E-state index contributed by atoms with van der Waals surface area (Å²) in [5, 5.41) is 2.82. The Morgan fingerprint density at radius 1 is 1.18 bits per heavy atom. The minimum atomic E-state index is 0.476. The molecule has 0 spiro atoms. The first-order chi connectivity index (χ1) is 8.24. The van der Waals surface area contributed by atoms with Gasteiger partial charge in [-0.1, -0.05) is 49.0 Å². The van der Waals surface area contributed by atoms with Crippen molar-refractivity contribution >= 4 is 33.6 Å². The highest BCUT2D eigenvalue weighted by molar-refractivity contribution is 7.81. The van der Waals surface area contributed by atoms with Gasteiger partial charge in [0.15, 0.2) is 5.05 Å². The quantitative estimate of drug-likeness (QED) is 0.589. The van der Waals surface area contributed by atoms with E-state index in [1.54, 1.807) is 0 Å². The molecule has 0 saturated carbocycles. The first kappa shape index (κ1) is 11.8. The lowest BCUT2D eigenvalue weighted by Gasteiger charge is -2.11. The molecular formula is C15H14OS. The van der Waals surface area contributed by atoms with Crippen LogP contribution in [0.25, 0.3) is 16.3 Å². The van der Waals surface area contributed by atoms with Crippen LogP contribution in [0.3, 0.4) is 0 Å². The number of ether oxygens (including phenoxy) is 1. The fourth-order valence-corrected chi connectivity index (χ4v) is 2.04. The van der Waals surface area contributed by atoms with Gasteiger partial charge in [0.25, 0.3) is 0 Å². The lowest BCUT2D eigenvalue weighted by atomic mass is 10.00. The van der Waals surface area contributed by atoms with E-state index in [0.29, 0.717) is 11.7 Å². The van der Waals surface area contributed by atoms with Gasteiger partial charge in [0, 0.05) is 5.57 Å². The normalized spacial score (nSPS) is 10.2. The van der Waals surface area contributed by atoms with E-state index in [1.165, 1.54) is 5.39 Å². The highest BCUT2D eigenvalue weighted by Crippen LogP contribution is 2.25. The van der Waals surface area contributed by atoms with Crippen LogP contribution in [0.1, 0.15) is 12.5 Å². The van der Waals surface area contributed by atoms with E-state index in [4.69, 9.17) is 17.0 Å². The Morgan fingerprint density at radius 2 is 1.88 bits per heavy atom. The largest absolute Gasteiger partial charge is 0.483 e. The van der Waals surface area contributed by atoms with Crippen LogP contribution in [0.2, 0.25) is 0 Å². The molecule has 0 amide bonds. The van der Waals surface area contributed by atoms with Crippen LogP contribution >= 0.6 is 12.2 Å². The van der Waals surface area contributed by atoms with E-state index >= 15 is 0 Å². The van der Waals surface area contributed by atoms with E-state index in [2.05, 4.69) is 24.8 Å². The molecule has 0 aliphatic rings. The summed E-state index contributed by atoms with van der Waals surface area (Å²) in [5.41, 5.74) is 1.82. The first-order valence-corrected chi connectivity index (χ1v) is 5.99. The average Bonchev–Trinajstić information content (AvgIpc) is 2.37. The van der Waals surface area contributed by atoms with Crippen molar-refractivity contribution in [2.45, 2.75) is 6.92 Å². The third kappa shape index (κ3) is 2.37. The SMILES string of the molecule is C=C(C(=S)OCC)c1cccc2ccccc12. The summed E-state index contributed by atoms with van der Waals surface area (Å²) in [5.74, 6) is 0. The van der Waals surface area contributed by atoms with E-state index in [1.807, 2.05) is 31.2 Å². The second kappa shape index (κ2) is 5.11. The summed E-state index contributed by atoms with van der Waals surface area (Å²) in [6, 6.07) is 14.3. The topological polar surface area (TPSA) is 9.23 Å². The van der Waals surface area contributed by atoms with Gasteiger partial charge in [0.2, 0.25) is 0 Å². The van der Waals surface area contributed by atoms with Crippen molar-refractivity contribution in [1.29, 1.82) is 0 Å². The molecular weight excluding hydrogens is 228 g/mol. The zero-order valence-corrected chi connectivity index (χ0v) is 10.6. The molecule has 0 atom stereocenters. The Labute approximate surface area is 107 Å². The number of hydrogen-bond acceptors (Lipinski definition) is 2. The van der Waals surface area contributed by atoms with Gasteiger partial charge in [-0.05, 0) is 35.5 Å². The summed E-state index contributed by atoms with van der Waals surface area (Å²) in [6.45, 7) is 6.52. The second-order valence-electron chi connectivity index (χ2n) is 3.73. The zero-order chi connectivity index (χ0) is 12.3. The number of benzene rings is 2. The summed E-state index contributed by atoms with van der Waals surface area (Å²) in [7, 11) is 0. The van der Waals surface area contributed by atoms with Gasteiger partial charge in [-0.2, -0.15) is 0 Å².